The molecule has 4 amide bonds. The number of carbonyl (C=O) groups excluding carboxylic acids is 4. The molecule has 0 aromatic heterocycles. The molecule has 0 aliphatic rings. The second kappa shape index (κ2) is 15.6. The maximum absolute atomic E-state index is 13.2. The van der Waals surface area contributed by atoms with Crippen LogP contribution in [0.3, 0.4) is 0 Å². The number of rotatable bonds is 16. The molecule has 1 rings (SSSR count). The van der Waals surface area contributed by atoms with Crippen molar-refractivity contribution in [3.05, 3.63) is 29.8 Å². The Morgan fingerprint density at radius 2 is 1.39 bits per heavy atom. The molecule has 1 aromatic carbocycles. The van der Waals surface area contributed by atoms with Crippen molar-refractivity contribution in [2.45, 2.75) is 84.0 Å². The predicted molar refractivity (Wildman–Crippen MR) is 141 cm³/mol. The highest BCUT2D eigenvalue weighted by molar-refractivity contribution is 5.94. The van der Waals surface area contributed by atoms with Crippen LogP contribution in [-0.2, 0) is 30.4 Å². The SMILES string of the molecule is CCC(C)C(N)C(=O)NC(C(=O)NC(CCC(N)=O)C(=O)NC(Cc1ccc(O)cc1)C(=O)O)C(C)CC. The van der Waals surface area contributed by atoms with Crippen LogP contribution in [0, 0.1) is 11.8 Å². The van der Waals surface area contributed by atoms with Crippen LogP contribution in [0.15, 0.2) is 24.3 Å². The van der Waals surface area contributed by atoms with E-state index in [1.807, 2.05) is 20.8 Å². The van der Waals surface area contributed by atoms with Crippen LogP contribution in [0.2, 0.25) is 0 Å². The Kier molecular flexibility index (Phi) is 13.2. The third-order valence-corrected chi connectivity index (χ3v) is 6.66. The fourth-order valence-electron chi connectivity index (χ4n) is 3.62. The molecule has 1 aromatic rings. The van der Waals surface area contributed by atoms with Crippen LogP contribution in [0.5, 0.6) is 5.75 Å². The molecule has 0 bridgehead atoms. The zero-order chi connectivity index (χ0) is 29.0. The highest BCUT2D eigenvalue weighted by atomic mass is 16.4. The summed E-state index contributed by atoms with van der Waals surface area (Å²) in [5.74, 6) is -4.44. The lowest BCUT2D eigenvalue weighted by molar-refractivity contribution is -0.142. The molecule has 0 aliphatic carbocycles. The first kappa shape index (κ1) is 32.4. The first-order valence-corrected chi connectivity index (χ1v) is 12.8. The van der Waals surface area contributed by atoms with Crippen LogP contribution < -0.4 is 27.4 Å². The summed E-state index contributed by atoms with van der Waals surface area (Å²) in [6.07, 6.45) is 0.693. The lowest BCUT2D eigenvalue weighted by Crippen LogP contribution is -2.59. The number of carbonyl (C=O) groups is 5. The van der Waals surface area contributed by atoms with Gasteiger partial charge in [0, 0.05) is 12.8 Å². The van der Waals surface area contributed by atoms with Crippen molar-refractivity contribution in [2.24, 2.45) is 23.3 Å². The minimum absolute atomic E-state index is 0.00643. The summed E-state index contributed by atoms with van der Waals surface area (Å²) in [5, 5.41) is 26.7. The topological polar surface area (TPSA) is 214 Å². The molecule has 0 radical (unpaired) electrons. The third-order valence-electron chi connectivity index (χ3n) is 6.66. The average Bonchev–Trinajstić information content (AvgIpc) is 2.88. The number of hydrogen-bond donors (Lipinski definition) is 7. The van der Waals surface area contributed by atoms with Gasteiger partial charge in [0.25, 0.3) is 0 Å². The minimum Gasteiger partial charge on any atom is -0.508 e. The summed E-state index contributed by atoms with van der Waals surface area (Å²) in [7, 11) is 0. The number of aromatic hydroxyl groups is 1. The van der Waals surface area contributed by atoms with E-state index in [2.05, 4.69) is 16.0 Å². The van der Waals surface area contributed by atoms with Gasteiger partial charge >= 0.3 is 5.97 Å². The van der Waals surface area contributed by atoms with Gasteiger partial charge in [-0.3, -0.25) is 19.2 Å². The van der Waals surface area contributed by atoms with Crippen molar-refractivity contribution in [1.29, 1.82) is 0 Å². The largest absolute Gasteiger partial charge is 0.508 e. The summed E-state index contributed by atoms with van der Waals surface area (Å²) < 4.78 is 0. The number of nitrogens with two attached hydrogens (primary N) is 2. The zero-order valence-corrected chi connectivity index (χ0v) is 22.4. The number of phenolic OH excluding ortho intramolecular Hbond substituents is 1. The highest BCUT2D eigenvalue weighted by Crippen LogP contribution is 2.13. The van der Waals surface area contributed by atoms with Crippen LogP contribution in [0.25, 0.3) is 0 Å². The standard InChI is InChI=1S/C26H41N5O7/c1-5-14(3)21(28)24(35)31-22(15(4)6-2)25(36)29-18(11-12-20(27)33)23(34)30-19(26(37)38)13-16-7-9-17(32)10-8-16/h7-10,14-15,18-19,21-22,32H,5-6,11-13,28H2,1-4H3,(H2,27,33)(H,29,36)(H,30,34)(H,31,35)(H,37,38). The molecule has 0 spiro atoms. The number of benzene rings is 1. The van der Waals surface area contributed by atoms with E-state index in [1.54, 1.807) is 6.92 Å². The van der Waals surface area contributed by atoms with Crippen LogP contribution >= 0.6 is 0 Å². The molecule has 0 heterocycles. The number of hydrogen-bond acceptors (Lipinski definition) is 7. The second-order valence-corrected chi connectivity index (χ2v) is 9.62. The number of nitrogens with one attached hydrogen (secondary N) is 3. The van der Waals surface area contributed by atoms with Crippen LogP contribution in [0.4, 0.5) is 0 Å². The number of carboxylic acids is 1. The van der Waals surface area contributed by atoms with Gasteiger partial charge in [0.05, 0.1) is 6.04 Å². The van der Waals surface area contributed by atoms with E-state index < -0.39 is 53.8 Å². The maximum atomic E-state index is 13.2. The molecule has 0 fully saturated rings. The van der Waals surface area contributed by atoms with Gasteiger partial charge in [-0.15, -0.1) is 0 Å². The monoisotopic (exact) mass is 535 g/mol. The zero-order valence-electron chi connectivity index (χ0n) is 22.4. The van der Waals surface area contributed by atoms with Gasteiger partial charge in [-0.2, -0.15) is 0 Å². The Balaban J connectivity index is 3.09. The minimum atomic E-state index is -1.35. The number of carboxylic acid groups (broad SMARTS) is 1. The molecule has 12 nitrogen and oxygen atoms in total. The Hall–Kier alpha value is -3.67. The fraction of sp³-hybridized carbons (Fsp3) is 0.577. The molecular weight excluding hydrogens is 494 g/mol. The summed E-state index contributed by atoms with van der Waals surface area (Å²) in [6.45, 7) is 7.31. The Morgan fingerprint density at radius 1 is 0.842 bits per heavy atom. The van der Waals surface area contributed by atoms with Gasteiger partial charge in [-0.1, -0.05) is 52.7 Å². The lowest BCUT2D eigenvalue weighted by Gasteiger charge is -2.28. The van der Waals surface area contributed by atoms with Gasteiger partial charge in [0.2, 0.25) is 23.6 Å². The molecule has 0 aliphatic heterocycles. The molecule has 38 heavy (non-hydrogen) atoms. The van der Waals surface area contributed by atoms with Crippen molar-refractivity contribution < 1.29 is 34.2 Å². The smallest absolute Gasteiger partial charge is 0.326 e. The van der Waals surface area contributed by atoms with Crippen molar-refractivity contribution >= 4 is 29.6 Å². The molecule has 0 saturated carbocycles. The van der Waals surface area contributed by atoms with E-state index in [0.717, 1.165) is 0 Å². The summed E-state index contributed by atoms with van der Waals surface area (Å²) >= 11 is 0. The van der Waals surface area contributed by atoms with Gasteiger partial charge in [0.15, 0.2) is 0 Å². The van der Waals surface area contributed by atoms with Gasteiger partial charge in [0.1, 0.15) is 23.9 Å². The Morgan fingerprint density at radius 3 is 1.89 bits per heavy atom. The highest BCUT2D eigenvalue weighted by Gasteiger charge is 2.33. The van der Waals surface area contributed by atoms with Gasteiger partial charge in [-0.25, -0.2) is 4.79 Å². The van der Waals surface area contributed by atoms with E-state index in [4.69, 9.17) is 11.5 Å². The molecule has 6 atom stereocenters. The van der Waals surface area contributed by atoms with Crippen LogP contribution in [-0.4, -0.2) is 64.0 Å². The predicted octanol–water partition coefficient (Wildman–Crippen LogP) is 0.159. The number of primary amides is 1. The van der Waals surface area contributed by atoms with E-state index in [-0.39, 0.29) is 36.8 Å². The number of amides is 4. The van der Waals surface area contributed by atoms with E-state index in [0.29, 0.717) is 18.4 Å². The van der Waals surface area contributed by atoms with Crippen molar-refractivity contribution in [3.63, 3.8) is 0 Å². The summed E-state index contributed by atoms with van der Waals surface area (Å²) in [5.41, 5.74) is 11.8. The number of aliphatic carboxylic acids is 1. The van der Waals surface area contributed by atoms with E-state index in [1.165, 1.54) is 24.3 Å². The fourth-order valence-corrected chi connectivity index (χ4v) is 3.62. The maximum Gasteiger partial charge on any atom is 0.326 e. The summed E-state index contributed by atoms with van der Waals surface area (Å²) in [6, 6.07) is 1.34. The molecule has 212 valence electrons. The van der Waals surface area contributed by atoms with Crippen molar-refractivity contribution in [2.75, 3.05) is 0 Å². The quantitative estimate of drug-likeness (QED) is 0.154. The summed E-state index contributed by atoms with van der Waals surface area (Å²) in [4.78, 5) is 62.3. The van der Waals surface area contributed by atoms with Crippen molar-refractivity contribution in [1.82, 2.24) is 16.0 Å². The van der Waals surface area contributed by atoms with Crippen molar-refractivity contribution in [3.8, 4) is 5.75 Å². The molecular formula is C26H41N5O7. The van der Waals surface area contributed by atoms with Crippen LogP contribution in [0.1, 0.15) is 58.9 Å². The second-order valence-electron chi connectivity index (χ2n) is 9.62. The van der Waals surface area contributed by atoms with Gasteiger partial charge in [-0.05, 0) is 36.0 Å². The molecule has 6 unspecified atom stereocenters. The molecule has 9 N–H and O–H groups in total. The Bertz CT molecular complexity index is 969. The van der Waals surface area contributed by atoms with Gasteiger partial charge < -0.3 is 37.6 Å². The molecule has 0 saturated heterocycles. The number of phenols is 1. The third kappa shape index (κ3) is 10.4. The van der Waals surface area contributed by atoms with E-state index in [9.17, 15) is 34.2 Å². The Labute approximate surface area is 222 Å². The average molecular weight is 536 g/mol. The normalized spacial score (nSPS) is 15.7. The molecule has 12 heteroatoms. The lowest BCUT2D eigenvalue weighted by atomic mass is 9.95. The first-order valence-electron chi connectivity index (χ1n) is 12.8. The van der Waals surface area contributed by atoms with E-state index >= 15 is 0 Å². The first-order chi connectivity index (χ1) is 17.8.